The van der Waals surface area contributed by atoms with Crippen molar-refractivity contribution in [2.45, 2.75) is 32.8 Å². The minimum atomic E-state index is -0.375. The van der Waals surface area contributed by atoms with E-state index in [0.717, 1.165) is 28.0 Å². The second-order valence-corrected chi connectivity index (χ2v) is 5.39. The molecular weight excluding hydrogens is 292 g/mol. The largest absolute Gasteiger partial charge is 0.461 e. The number of aliphatic hydroxyl groups is 1. The van der Waals surface area contributed by atoms with Crippen LogP contribution in [-0.4, -0.2) is 11.2 Å². The summed E-state index contributed by atoms with van der Waals surface area (Å²) in [5, 5.41) is 9.36. The first kappa shape index (κ1) is 13.4. The third kappa shape index (κ3) is 3.03. The molecule has 0 aliphatic carbocycles. The van der Waals surface area contributed by atoms with Gasteiger partial charge in [0.15, 0.2) is 0 Å². The highest BCUT2D eigenvalue weighted by molar-refractivity contribution is 9.10. The molecule has 0 spiro atoms. The molecule has 96 valence electrons. The smallest absolute Gasteiger partial charge is 0.134 e. The predicted molar refractivity (Wildman–Crippen MR) is 76.6 cm³/mol. The summed E-state index contributed by atoms with van der Waals surface area (Å²) >= 11 is 3.48. The first-order chi connectivity index (χ1) is 8.60. The van der Waals surface area contributed by atoms with Crippen LogP contribution in [0.15, 0.2) is 39.2 Å². The van der Waals surface area contributed by atoms with E-state index in [1.54, 1.807) is 6.92 Å². The van der Waals surface area contributed by atoms with E-state index in [0.29, 0.717) is 6.42 Å². The normalized spacial score (nSPS) is 12.7. The third-order valence-electron chi connectivity index (χ3n) is 2.87. The van der Waals surface area contributed by atoms with Gasteiger partial charge in [-0.25, -0.2) is 0 Å². The van der Waals surface area contributed by atoms with Crippen molar-refractivity contribution in [3.63, 3.8) is 0 Å². The Bertz CT molecular complexity index is 529. The van der Waals surface area contributed by atoms with Crippen molar-refractivity contribution in [2.24, 2.45) is 0 Å². The Morgan fingerprint density at radius 2 is 2.06 bits per heavy atom. The summed E-state index contributed by atoms with van der Waals surface area (Å²) < 4.78 is 6.87. The van der Waals surface area contributed by atoms with Crippen LogP contribution >= 0.6 is 15.9 Å². The molecule has 2 rings (SSSR count). The molecular formula is C15H17BrO2. The van der Waals surface area contributed by atoms with Gasteiger partial charge in [0, 0.05) is 16.5 Å². The summed E-state index contributed by atoms with van der Waals surface area (Å²) in [4.78, 5) is 0. The van der Waals surface area contributed by atoms with Gasteiger partial charge < -0.3 is 9.52 Å². The van der Waals surface area contributed by atoms with Gasteiger partial charge in [-0.05, 0) is 49.2 Å². The number of halogens is 1. The zero-order valence-electron chi connectivity index (χ0n) is 10.6. The Balaban J connectivity index is 2.33. The van der Waals surface area contributed by atoms with Crippen LogP contribution < -0.4 is 0 Å². The maximum absolute atomic E-state index is 9.36. The van der Waals surface area contributed by atoms with Gasteiger partial charge in [0.2, 0.25) is 0 Å². The number of rotatable bonds is 4. The molecule has 0 radical (unpaired) electrons. The van der Waals surface area contributed by atoms with Crippen LogP contribution in [0.25, 0.3) is 11.3 Å². The molecule has 1 unspecified atom stereocenters. The Morgan fingerprint density at radius 1 is 1.28 bits per heavy atom. The van der Waals surface area contributed by atoms with Gasteiger partial charge in [-0.3, -0.25) is 0 Å². The third-order valence-corrected chi connectivity index (χ3v) is 3.37. The fourth-order valence-corrected chi connectivity index (χ4v) is 2.43. The maximum atomic E-state index is 9.36. The van der Waals surface area contributed by atoms with Gasteiger partial charge in [0.25, 0.3) is 0 Å². The van der Waals surface area contributed by atoms with Gasteiger partial charge in [-0.15, -0.1) is 0 Å². The van der Waals surface area contributed by atoms with E-state index in [4.69, 9.17) is 4.42 Å². The number of hydrogen-bond acceptors (Lipinski definition) is 2. The summed E-state index contributed by atoms with van der Waals surface area (Å²) in [5.41, 5.74) is 2.37. The fraction of sp³-hybridized carbons (Fsp3) is 0.333. The quantitative estimate of drug-likeness (QED) is 0.918. The molecule has 0 saturated heterocycles. The van der Waals surface area contributed by atoms with Gasteiger partial charge in [0.05, 0.1) is 6.10 Å². The summed E-state index contributed by atoms with van der Waals surface area (Å²) in [7, 11) is 0. The van der Waals surface area contributed by atoms with Crippen LogP contribution in [-0.2, 0) is 12.8 Å². The molecule has 1 aromatic heterocycles. The lowest BCUT2D eigenvalue weighted by molar-refractivity contribution is 0.187. The van der Waals surface area contributed by atoms with Crippen molar-refractivity contribution in [3.05, 3.63) is 46.1 Å². The van der Waals surface area contributed by atoms with E-state index < -0.39 is 0 Å². The summed E-state index contributed by atoms with van der Waals surface area (Å²) in [6, 6.07) is 10.1. The number of hydrogen-bond donors (Lipinski definition) is 1. The van der Waals surface area contributed by atoms with Crippen molar-refractivity contribution in [2.75, 3.05) is 0 Å². The summed E-state index contributed by atoms with van der Waals surface area (Å²) in [5.74, 6) is 1.69. The zero-order valence-corrected chi connectivity index (χ0v) is 12.2. The fourth-order valence-electron chi connectivity index (χ4n) is 2.02. The summed E-state index contributed by atoms with van der Waals surface area (Å²) in [6.07, 6.45) is 1.14. The average molecular weight is 309 g/mol. The van der Waals surface area contributed by atoms with Crippen molar-refractivity contribution < 1.29 is 9.52 Å². The van der Waals surface area contributed by atoms with Gasteiger partial charge in [-0.2, -0.15) is 0 Å². The van der Waals surface area contributed by atoms with Crippen LogP contribution in [0, 0.1) is 0 Å². The van der Waals surface area contributed by atoms with Crippen molar-refractivity contribution in [3.8, 4) is 11.3 Å². The highest BCUT2D eigenvalue weighted by atomic mass is 79.9. The molecule has 18 heavy (non-hydrogen) atoms. The van der Waals surface area contributed by atoms with Gasteiger partial charge in [-0.1, -0.05) is 22.9 Å². The second-order valence-electron chi connectivity index (χ2n) is 4.47. The number of aryl methyl sites for hydroxylation is 1. The van der Waals surface area contributed by atoms with E-state index in [2.05, 4.69) is 35.0 Å². The van der Waals surface area contributed by atoms with Crippen molar-refractivity contribution in [1.82, 2.24) is 0 Å². The first-order valence-electron chi connectivity index (χ1n) is 6.15. The number of aliphatic hydroxyl groups excluding tert-OH is 1. The van der Waals surface area contributed by atoms with E-state index in [-0.39, 0.29) is 6.10 Å². The van der Waals surface area contributed by atoms with Crippen LogP contribution in [0.5, 0.6) is 0 Å². The van der Waals surface area contributed by atoms with E-state index in [1.165, 1.54) is 5.56 Å². The highest BCUT2D eigenvalue weighted by Gasteiger charge is 2.10. The lowest BCUT2D eigenvalue weighted by Gasteiger charge is -2.06. The molecule has 2 nitrogen and oxygen atoms in total. The topological polar surface area (TPSA) is 33.4 Å². The summed E-state index contributed by atoms with van der Waals surface area (Å²) in [6.45, 7) is 3.89. The molecule has 0 saturated carbocycles. The van der Waals surface area contributed by atoms with Crippen LogP contribution in [0.1, 0.15) is 25.2 Å². The maximum Gasteiger partial charge on any atom is 0.134 e. The molecule has 1 atom stereocenters. The lowest BCUT2D eigenvalue weighted by atomic mass is 10.0. The second kappa shape index (κ2) is 5.72. The van der Waals surface area contributed by atoms with Crippen LogP contribution in [0.2, 0.25) is 0 Å². The molecule has 0 bridgehead atoms. The molecule has 1 heterocycles. The van der Waals surface area contributed by atoms with Gasteiger partial charge >= 0.3 is 0 Å². The minimum Gasteiger partial charge on any atom is -0.461 e. The Labute approximate surface area is 116 Å². The SMILES string of the molecule is CCc1cc(Br)ccc1-c1ccc(CC(C)O)o1. The Hall–Kier alpha value is -1.06. The van der Waals surface area contributed by atoms with Crippen LogP contribution in [0.4, 0.5) is 0 Å². The molecule has 1 aromatic carbocycles. The standard InChI is InChI=1S/C15H17BrO2/c1-3-11-9-12(16)4-6-14(11)15-7-5-13(18-15)8-10(2)17/h4-7,9-10,17H,3,8H2,1-2H3. The van der Waals surface area contributed by atoms with E-state index in [9.17, 15) is 5.11 Å². The van der Waals surface area contributed by atoms with Crippen molar-refractivity contribution >= 4 is 15.9 Å². The average Bonchev–Trinajstić information content (AvgIpc) is 2.76. The van der Waals surface area contributed by atoms with E-state index >= 15 is 0 Å². The van der Waals surface area contributed by atoms with Gasteiger partial charge in [0.1, 0.15) is 11.5 Å². The number of furan rings is 1. The highest BCUT2D eigenvalue weighted by Crippen LogP contribution is 2.29. The Kier molecular flexibility index (Phi) is 4.25. The van der Waals surface area contributed by atoms with Crippen LogP contribution in [0.3, 0.4) is 0 Å². The minimum absolute atomic E-state index is 0.375. The molecule has 0 fully saturated rings. The molecule has 0 aliphatic heterocycles. The van der Waals surface area contributed by atoms with E-state index in [1.807, 2.05) is 18.2 Å². The molecule has 0 amide bonds. The lowest BCUT2D eigenvalue weighted by Crippen LogP contribution is -2.02. The molecule has 1 N–H and O–H groups in total. The zero-order chi connectivity index (χ0) is 13.1. The number of benzene rings is 1. The molecule has 3 heteroatoms. The monoisotopic (exact) mass is 308 g/mol. The Morgan fingerprint density at radius 3 is 2.72 bits per heavy atom. The molecule has 0 aliphatic rings. The van der Waals surface area contributed by atoms with Crippen molar-refractivity contribution in [1.29, 1.82) is 0 Å². The molecule has 2 aromatic rings. The first-order valence-corrected chi connectivity index (χ1v) is 6.95. The predicted octanol–water partition coefficient (Wildman–Crippen LogP) is 4.19.